The average molecular weight is 408 g/mol. The molecule has 1 rings (SSSR count). The van der Waals surface area contributed by atoms with E-state index in [2.05, 4.69) is 63.7 Å². The van der Waals surface area contributed by atoms with Crippen LogP contribution in [0.2, 0.25) is 0 Å². The summed E-state index contributed by atoms with van der Waals surface area (Å²) in [5.74, 6) is 0. The normalized spacial score (nSPS) is 61.8. The molecule has 0 bridgehead atoms. The molecule has 1 saturated carbocycles. The molecule has 60 valence electrons. The highest BCUT2D eigenvalue weighted by Crippen LogP contribution is 2.61. The summed E-state index contributed by atoms with van der Waals surface area (Å²) in [6.07, 6.45) is 0. The van der Waals surface area contributed by atoms with Gasteiger partial charge in [0.15, 0.2) is 9.16 Å². The molecule has 10 heavy (non-hydrogen) atoms. The first kappa shape index (κ1) is 9.86. The quantitative estimate of drug-likeness (QED) is 0.538. The van der Waals surface area contributed by atoms with Crippen LogP contribution in [0.15, 0.2) is 0 Å². The molecule has 6 heteroatoms. The van der Waals surface area contributed by atoms with Crippen molar-refractivity contribution < 1.29 is 8.78 Å². The summed E-state index contributed by atoms with van der Waals surface area (Å²) < 4.78 is 22.7. The van der Waals surface area contributed by atoms with Crippen LogP contribution in [-0.2, 0) is 0 Å². The molecule has 0 aromatic rings. The van der Waals surface area contributed by atoms with E-state index in [4.69, 9.17) is 0 Å². The topological polar surface area (TPSA) is 0 Å². The van der Waals surface area contributed by atoms with Crippen LogP contribution in [-0.4, -0.2) is 18.8 Å². The third-order valence-electron chi connectivity index (χ3n) is 1.35. The summed E-state index contributed by atoms with van der Waals surface area (Å²) in [5, 5.41) is 0. The Hall–Kier alpha value is 1.78. The highest BCUT2D eigenvalue weighted by Gasteiger charge is 2.70. The van der Waals surface area contributed by atoms with Crippen molar-refractivity contribution >= 4 is 63.7 Å². The SMILES string of the molecule is FC1(Br)C(Br)C(F)(Br)C1Br. The van der Waals surface area contributed by atoms with Crippen molar-refractivity contribution in [2.75, 3.05) is 0 Å². The summed E-state index contributed by atoms with van der Waals surface area (Å²) in [4.78, 5) is -1.73. The van der Waals surface area contributed by atoms with Crippen LogP contribution in [0.25, 0.3) is 0 Å². The van der Waals surface area contributed by atoms with Crippen LogP contribution in [0.5, 0.6) is 0 Å². The average Bonchev–Trinajstić information content (AvgIpc) is 1.84. The number of hydrogen-bond donors (Lipinski definition) is 0. The lowest BCUT2D eigenvalue weighted by molar-refractivity contribution is 0.0774. The lowest BCUT2D eigenvalue weighted by Gasteiger charge is -2.49. The fourth-order valence-corrected chi connectivity index (χ4v) is 4.39. The lowest BCUT2D eigenvalue weighted by atomic mass is 9.94. The molecule has 1 aliphatic rings. The Labute approximate surface area is 90.6 Å². The van der Waals surface area contributed by atoms with Gasteiger partial charge in [0.05, 0.1) is 0 Å². The van der Waals surface area contributed by atoms with E-state index in [9.17, 15) is 8.78 Å². The Kier molecular flexibility index (Phi) is 2.60. The molecule has 0 aliphatic heterocycles. The maximum absolute atomic E-state index is 13.0. The van der Waals surface area contributed by atoms with E-state index in [-0.39, 0.29) is 0 Å². The third-order valence-corrected chi connectivity index (χ3v) is 8.31. The van der Waals surface area contributed by atoms with Crippen LogP contribution in [0.4, 0.5) is 8.78 Å². The van der Waals surface area contributed by atoms with Gasteiger partial charge in [0.1, 0.15) is 9.65 Å². The Balaban J connectivity index is 2.78. The molecule has 0 aromatic carbocycles. The fourth-order valence-electron chi connectivity index (χ4n) is 0.674. The van der Waals surface area contributed by atoms with Crippen LogP contribution < -0.4 is 0 Å². The van der Waals surface area contributed by atoms with Gasteiger partial charge in [-0.25, -0.2) is 8.78 Å². The minimum atomic E-state index is -1.70. The first-order chi connectivity index (χ1) is 4.31. The summed E-state index contributed by atoms with van der Waals surface area (Å²) >= 11 is 11.2. The molecule has 0 spiro atoms. The first-order valence-corrected chi connectivity index (χ1v) is 5.76. The molecular weight excluding hydrogens is 406 g/mol. The maximum Gasteiger partial charge on any atom is 0.197 e. The smallest absolute Gasteiger partial charge is 0.197 e. The van der Waals surface area contributed by atoms with Crippen molar-refractivity contribution in [3.63, 3.8) is 0 Å². The molecule has 1 aliphatic carbocycles. The van der Waals surface area contributed by atoms with Crippen molar-refractivity contribution in [3.05, 3.63) is 0 Å². The second kappa shape index (κ2) is 2.64. The Morgan fingerprint density at radius 2 is 1.10 bits per heavy atom. The zero-order valence-electron chi connectivity index (χ0n) is 4.42. The largest absolute Gasteiger partial charge is 0.229 e. The van der Waals surface area contributed by atoms with Crippen LogP contribution in [0, 0.1) is 0 Å². The van der Waals surface area contributed by atoms with Gasteiger partial charge in [-0.1, -0.05) is 31.9 Å². The highest BCUT2D eigenvalue weighted by atomic mass is 79.9. The fraction of sp³-hybridized carbons (Fsp3) is 1.00. The van der Waals surface area contributed by atoms with E-state index in [1.54, 1.807) is 0 Å². The van der Waals surface area contributed by atoms with Crippen LogP contribution in [0.3, 0.4) is 0 Å². The predicted octanol–water partition coefficient (Wildman–Crippen LogP) is 3.65. The van der Waals surface area contributed by atoms with Gasteiger partial charge in [0.2, 0.25) is 0 Å². The number of hydrogen-bond acceptors (Lipinski definition) is 0. The molecule has 0 amide bonds. The van der Waals surface area contributed by atoms with Gasteiger partial charge in [-0.2, -0.15) is 0 Å². The molecule has 0 atom stereocenters. The van der Waals surface area contributed by atoms with Gasteiger partial charge < -0.3 is 0 Å². The number of halogens is 6. The van der Waals surface area contributed by atoms with Gasteiger partial charge in [0.25, 0.3) is 0 Å². The first-order valence-electron chi connectivity index (χ1n) is 2.35. The second-order valence-corrected chi connectivity index (χ2v) is 6.34. The molecule has 1 fully saturated rings. The summed E-state index contributed by atoms with van der Waals surface area (Å²) in [6.45, 7) is 0. The van der Waals surface area contributed by atoms with E-state index in [1.807, 2.05) is 0 Å². The van der Waals surface area contributed by atoms with E-state index >= 15 is 0 Å². The zero-order valence-corrected chi connectivity index (χ0v) is 10.8. The zero-order chi connectivity index (χ0) is 8.15. The molecule has 0 saturated heterocycles. The predicted molar refractivity (Wildman–Crippen MR) is 51.0 cm³/mol. The molecule has 0 N–H and O–H groups in total. The van der Waals surface area contributed by atoms with Crippen molar-refractivity contribution in [3.8, 4) is 0 Å². The minimum Gasteiger partial charge on any atom is -0.229 e. The van der Waals surface area contributed by atoms with Crippen molar-refractivity contribution in [2.45, 2.75) is 18.8 Å². The van der Waals surface area contributed by atoms with Gasteiger partial charge in [0, 0.05) is 0 Å². The molecule has 0 aromatic heterocycles. The van der Waals surface area contributed by atoms with Crippen molar-refractivity contribution in [1.82, 2.24) is 0 Å². The van der Waals surface area contributed by atoms with Gasteiger partial charge in [-0.15, -0.1) is 0 Å². The monoisotopic (exact) mass is 404 g/mol. The van der Waals surface area contributed by atoms with E-state index < -0.39 is 18.8 Å². The summed E-state index contributed by atoms with van der Waals surface area (Å²) in [7, 11) is 0. The van der Waals surface area contributed by atoms with E-state index in [0.717, 1.165) is 0 Å². The van der Waals surface area contributed by atoms with Gasteiger partial charge in [-0.3, -0.25) is 0 Å². The molecule has 0 heterocycles. The van der Waals surface area contributed by atoms with E-state index in [1.165, 1.54) is 0 Å². The Morgan fingerprint density at radius 1 is 0.900 bits per heavy atom. The van der Waals surface area contributed by atoms with E-state index in [0.29, 0.717) is 0 Å². The van der Waals surface area contributed by atoms with Gasteiger partial charge in [-0.05, 0) is 31.9 Å². The van der Waals surface area contributed by atoms with Crippen molar-refractivity contribution in [1.29, 1.82) is 0 Å². The Bertz CT molecular complexity index is 127. The number of alkyl halides is 6. The lowest BCUT2D eigenvalue weighted by Crippen LogP contribution is -2.66. The maximum atomic E-state index is 13.0. The molecule has 0 nitrogen and oxygen atoms in total. The summed E-state index contributed by atoms with van der Waals surface area (Å²) in [5.41, 5.74) is 0. The number of rotatable bonds is 0. The third kappa shape index (κ3) is 1.13. The molecular formula is C4H2Br4F2. The molecule has 0 radical (unpaired) electrons. The van der Waals surface area contributed by atoms with Gasteiger partial charge >= 0.3 is 0 Å². The Morgan fingerprint density at radius 3 is 1.20 bits per heavy atom. The minimum absolute atomic E-state index is 0.864. The highest BCUT2D eigenvalue weighted by molar-refractivity contribution is 9.16. The van der Waals surface area contributed by atoms with Crippen molar-refractivity contribution in [2.24, 2.45) is 0 Å². The van der Waals surface area contributed by atoms with Crippen LogP contribution >= 0.6 is 63.7 Å². The molecule has 0 unspecified atom stereocenters. The standard InChI is InChI=1S/C4H2Br4F2/c5-1-3(7,9)2(6)4(1,8)10/h1-2H. The summed E-state index contributed by atoms with van der Waals surface area (Å²) in [6, 6.07) is 0. The van der Waals surface area contributed by atoms with Crippen LogP contribution in [0.1, 0.15) is 0 Å². The second-order valence-electron chi connectivity index (χ2n) is 2.07.